The second-order valence-electron chi connectivity index (χ2n) is 14.0. The number of hydrogen-bond donors (Lipinski definition) is 3. The Bertz CT molecular complexity index is 748. The summed E-state index contributed by atoms with van der Waals surface area (Å²) < 4.78 is 0. The lowest BCUT2D eigenvalue weighted by Gasteiger charge is -2.65. The van der Waals surface area contributed by atoms with E-state index in [9.17, 15) is 15.3 Å². The number of aliphatic hydroxyl groups excluding tert-OH is 2. The first kappa shape index (κ1) is 24.7. The molecule has 0 aromatic heterocycles. The minimum Gasteiger partial charge on any atom is -0.392 e. The van der Waals surface area contributed by atoms with Gasteiger partial charge in [-0.25, -0.2) is 0 Å². The Kier molecular flexibility index (Phi) is 6.04. The van der Waals surface area contributed by atoms with E-state index in [1.807, 2.05) is 0 Å². The van der Waals surface area contributed by atoms with Gasteiger partial charge in [0.2, 0.25) is 0 Å². The molecule has 3 fully saturated rings. The van der Waals surface area contributed by atoms with Crippen LogP contribution < -0.4 is 0 Å². The molecule has 0 bridgehead atoms. The maximum absolute atomic E-state index is 10.7. The van der Waals surface area contributed by atoms with Crippen molar-refractivity contribution in [1.29, 1.82) is 0 Å². The number of fused-ring (bicyclic) bond motifs is 5. The second-order valence-corrected chi connectivity index (χ2v) is 14.0. The lowest BCUT2D eigenvalue weighted by molar-refractivity contribution is -0.141. The van der Waals surface area contributed by atoms with Gasteiger partial charge in [0.05, 0.1) is 17.8 Å². The van der Waals surface area contributed by atoms with Gasteiger partial charge in [-0.3, -0.25) is 0 Å². The minimum absolute atomic E-state index is 0.0852. The number of allylic oxidation sites excluding steroid dienone is 1. The van der Waals surface area contributed by atoms with Crippen molar-refractivity contribution in [2.75, 3.05) is 0 Å². The van der Waals surface area contributed by atoms with Crippen molar-refractivity contribution < 1.29 is 15.3 Å². The van der Waals surface area contributed by atoms with E-state index in [1.54, 1.807) is 19.4 Å². The molecule has 0 unspecified atom stereocenters. The lowest BCUT2D eigenvalue weighted by atomic mass is 9.39. The van der Waals surface area contributed by atoms with Gasteiger partial charge in [-0.1, -0.05) is 52.7 Å². The van der Waals surface area contributed by atoms with Crippen molar-refractivity contribution in [3.05, 3.63) is 11.6 Å². The van der Waals surface area contributed by atoms with Crippen LogP contribution in [0.4, 0.5) is 0 Å². The highest BCUT2D eigenvalue weighted by molar-refractivity contribution is 5.30. The summed E-state index contributed by atoms with van der Waals surface area (Å²) in [6.45, 7) is 15.8. The molecule has 4 rings (SSSR count). The van der Waals surface area contributed by atoms with Gasteiger partial charge in [0.1, 0.15) is 0 Å². The third-order valence-electron chi connectivity index (χ3n) is 11.9. The number of hydrogen-bond acceptors (Lipinski definition) is 3. The fourth-order valence-electron chi connectivity index (χ4n) is 9.18. The zero-order valence-corrected chi connectivity index (χ0v) is 21.9. The van der Waals surface area contributed by atoms with Crippen molar-refractivity contribution in [3.8, 4) is 0 Å². The van der Waals surface area contributed by atoms with Crippen LogP contribution >= 0.6 is 0 Å². The summed E-state index contributed by atoms with van der Waals surface area (Å²) in [6.07, 6.45) is 13.1. The number of aliphatic hydroxyl groups is 3. The second kappa shape index (κ2) is 7.82. The van der Waals surface area contributed by atoms with E-state index in [4.69, 9.17) is 0 Å². The maximum atomic E-state index is 10.7. The lowest BCUT2D eigenvalue weighted by Crippen LogP contribution is -2.58. The summed E-state index contributed by atoms with van der Waals surface area (Å²) in [5.74, 6) is 2.07. The average Bonchev–Trinajstić information content (AvgIpc) is 2.95. The summed E-state index contributed by atoms with van der Waals surface area (Å²) >= 11 is 0. The summed E-state index contributed by atoms with van der Waals surface area (Å²) in [5.41, 5.74) is 1.54. The smallest absolute Gasteiger partial charge is 0.0849 e. The Morgan fingerprint density at radius 3 is 2.34 bits per heavy atom. The highest BCUT2D eigenvalue weighted by Gasteiger charge is 2.66. The molecule has 0 radical (unpaired) electrons. The van der Waals surface area contributed by atoms with Crippen LogP contribution in [-0.2, 0) is 0 Å². The summed E-state index contributed by atoms with van der Waals surface area (Å²) in [6, 6.07) is 0. The molecule has 4 aliphatic rings. The SMILES string of the molecule is CC(C)(O)[C@H](O)CCC[C@H]1CC[C@@]2(C)[C@@H]3CC=C4[C@@H](CC[C@H](O)C4(C)C)[C@]3(C)CC[C@]12C. The molecule has 4 aliphatic carbocycles. The van der Waals surface area contributed by atoms with Crippen LogP contribution in [0.2, 0.25) is 0 Å². The topological polar surface area (TPSA) is 60.7 Å². The molecular formula is C29H50O3. The molecular weight excluding hydrogens is 396 g/mol. The molecule has 0 heterocycles. The van der Waals surface area contributed by atoms with Crippen LogP contribution in [0.25, 0.3) is 0 Å². The predicted octanol–water partition coefficient (Wildman–Crippen LogP) is 6.25. The Morgan fingerprint density at radius 1 is 1.00 bits per heavy atom. The fourth-order valence-corrected chi connectivity index (χ4v) is 9.18. The zero-order valence-electron chi connectivity index (χ0n) is 21.9. The molecule has 3 heteroatoms. The van der Waals surface area contributed by atoms with E-state index in [0.29, 0.717) is 28.6 Å². The van der Waals surface area contributed by atoms with Crippen molar-refractivity contribution >= 4 is 0 Å². The van der Waals surface area contributed by atoms with Gasteiger partial charge in [-0.15, -0.1) is 0 Å². The largest absolute Gasteiger partial charge is 0.392 e. The van der Waals surface area contributed by atoms with Gasteiger partial charge in [-0.05, 0) is 106 Å². The normalized spacial score (nSPS) is 46.6. The first-order valence-electron chi connectivity index (χ1n) is 13.5. The van der Waals surface area contributed by atoms with E-state index in [-0.39, 0.29) is 11.5 Å². The third-order valence-corrected chi connectivity index (χ3v) is 11.9. The monoisotopic (exact) mass is 446 g/mol. The van der Waals surface area contributed by atoms with Crippen molar-refractivity contribution in [2.24, 2.45) is 39.4 Å². The quantitative estimate of drug-likeness (QED) is 0.437. The molecule has 0 spiro atoms. The van der Waals surface area contributed by atoms with Gasteiger partial charge >= 0.3 is 0 Å². The first-order valence-corrected chi connectivity index (χ1v) is 13.5. The highest BCUT2D eigenvalue weighted by atomic mass is 16.3. The third kappa shape index (κ3) is 3.47. The summed E-state index contributed by atoms with van der Waals surface area (Å²) in [7, 11) is 0. The van der Waals surface area contributed by atoms with Gasteiger partial charge in [-0.2, -0.15) is 0 Å². The van der Waals surface area contributed by atoms with E-state index < -0.39 is 11.7 Å². The van der Waals surface area contributed by atoms with Gasteiger partial charge in [0, 0.05) is 5.41 Å². The molecule has 0 aliphatic heterocycles. The van der Waals surface area contributed by atoms with Crippen LogP contribution in [0.5, 0.6) is 0 Å². The standard InChI is InChI=1S/C29H50O3/c1-25(2)20-11-13-22-27(5,21(20)12-14-23(25)30)17-18-28(6)19(15-16-29(22,28)7)9-8-10-24(31)26(3,4)32/h11,19,21-24,30-32H,8-10,12-18H2,1-7H3/t19-,21+,22+,23-,24+,27-,28+,29-/m0/s1. The Hall–Kier alpha value is -0.380. The van der Waals surface area contributed by atoms with E-state index in [0.717, 1.165) is 31.1 Å². The molecule has 184 valence electrons. The van der Waals surface area contributed by atoms with Gasteiger partial charge in [0.25, 0.3) is 0 Å². The average molecular weight is 447 g/mol. The van der Waals surface area contributed by atoms with Crippen LogP contribution in [0.1, 0.15) is 113 Å². The van der Waals surface area contributed by atoms with Crippen molar-refractivity contribution in [1.82, 2.24) is 0 Å². The van der Waals surface area contributed by atoms with E-state index in [1.165, 1.54) is 38.5 Å². The molecule has 3 saturated carbocycles. The molecule has 8 atom stereocenters. The molecule has 0 aromatic rings. The van der Waals surface area contributed by atoms with Crippen molar-refractivity contribution in [3.63, 3.8) is 0 Å². The number of rotatable bonds is 5. The Balaban J connectivity index is 1.54. The maximum Gasteiger partial charge on any atom is 0.0849 e. The molecule has 0 aromatic carbocycles. The molecule has 0 saturated heterocycles. The van der Waals surface area contributed by atoms with Crippen LogP contribution in [0.15, 0.2) is 11.6 Å². The molecule has 0 amide bonds. The first-order chi connectivity index (χ1) is 14.7. The van der Waals surface area contributed by atoms with E-state index >= 15 is 0 Å². The van der Waals surface area contributed by atoms with Crippen molar-refractivity contribution in [2.45, 2.75) is 130 Å². The van der Waals surface area contributed by atoms with Gasteiger partial charge in [0.15, 0.2) is 0 Å². The molecule has 3 N–H and O–H groups in total. The summed E-state index contributed by atoms with van der Waals surface area (Å²) in [5, 5.41) is 31.1. The predicted molar refractivity (Wildman–Crippen MR) is 131 cm³/mol. The Labute approximate surface area is 197 Å². The zero-order chi connectivity index (χ0) is 23.7. The van der Waals surface area contributed by atoms with E-state index in [2.05, 4.69) is 40.7 Å². The highest BCUT2D eigenvalue weighted by Crippen LogP contribution is 2.74. The van der Waals surface area contributed by atoms with Crippen LogP contribution in [-0.4, -0.2) is 33.1 Å². The fraction of sp³-hybridized carbons (Fsp3) is 0.931. The molecule has 32 heavy (non-hydrogen) atoms. The Morgan fingerprint density at radius 2 is 1.69 bits per heavy atom. The summed E-state index contributed by atoms with van der Waals surface area (Å²) in [4.78, 5) is 0. The van der Waals surface area contributed by atoms with Crippen LogP contribution in [0, 0.1) is 39.4 Å². The molecule has 3 nitrogen and oxygen atoms in total. The van der Waals surface area contributed by atoms with Crippen LogP contribution in [0.3, 0.4) is 0 Å². The minimum atomic E-state index is -1.01. The van der Waals surface area contributed by atoms with Gasteiger partial charge < -0.3 is 15.3 Å².